The fraction of sp³-hybridized carbons (Fsp3) is 0.312. The maximum absolute atomic E-state index is 12.8. The molecular formula is C16H13ClF2N4O2S2. The lowest BCUT2D eigenvalue weighted by Crippen LogP contribution is -2.27. The van der Waals surface area contributed by atoms with Gasteiger partial charge in [0.15, 0.2) is 0 Å². The van der Waals surface area contributed by atoms with Crippen molar-refractivity contribution in [2.24, 2.45) is 0 Å². The Labute approximate surface area is 164 Å². The second kappa shape index (κ2) is 7.61. The molecular weight excluding hydrogens is 418 g/mol. The van der Waals surface area contributed by atoms with E-state index in [1.807, 2.05) is 6.07 Å². The first-order valence-electron chi connectivity index (χ1n) is 8.01. The van der Waals surface area contributed by atoms with Gasteiger partial charge >= 0.3 is 6.43 Å². The van der Waals surface area contributed by atoms with E-state index in [2.05, 4.69) is 15.2 Å². The van der Waals surface area contributed by atoms with Crippen LogP contribution in [0.15, 0.2) is 34.1 Å². The molecule has 4 rings (SSSR count). The number of benzene rings is 1. The third-order valence-electron chi connectivity index (χ3n) is 3.80. The van der Waals surface area contributed by atoms with Crippen molar-refractivity contribution in [1.82, 2.24) is 15.2 Å². The highest BCUT2D eigenvalue weighted by atomic mass is 35.5. The molecule has 2 aromatic heterocycles. The lowest BCUT2D eigenvalue weighted by molar-refractivity contribution is 0.116. The highest BCUT2D eigenvalue weighted by Gasteiger charge is 2.33. The largest absolute Gasteiger partial charge is 0.414 e. The third-order valence-corrected chi connectivity index (χ3v) is 6.68. The Balaban J connectivity index is 1.58. The maximum atomic E-state index is 12.8. The number of rotatable bonds is 7. The van der Waals surface area contributed by atoms with Gasteiger partial charge in [0.2, 0.25) is 0 Å². The Kier molecular flexibility index (Phi) is 5.20. The molecule has 1 aliphatic rings. The zero-order valence-electron chi connectivity index (χ0n) is 13.7. The van der Waals surface area contributed by atoms with Crippen LogP contribution in [0.3, 0.4) is 0 Å². The summed E-state index contributed by atoms with van der Waals surface area (Å²) in [6.45, 7) is 0.296. The molecule has 142 valence electrons. The molecule has 0 bridgehead atoms. The van der Waals surface area contributed by atoms with Crippen molar-refractivity contribution in [3.05, 3.63) is 45.6 Å². The molecule has 1 fully saturated rings. The molecule has 2 heterocycles. The molecule has 1 unspecified atom stereocenters. The van der Waals surface area contributed by atoms with E-state index in [0.717, 1.165) is 18.5 Å². The molecule has 0 radical (unpaired) electrons. The van der Waals surface area contributed by atoms with Crippen molar-refractivity contribution >= 4 is 39.6 Å². The minimum Gasteiger partial charge on any atom is -0.414 e. The normalized spacial score (nSPS) is 15.3. The zero-order chi connectivity index (χ0) is 19.0. The highest BCUT2D eigenvalue weighted by Crippen LogP contribution is 2.33. The topological polar surface area (TPSA) is 72.1 Å². The predicted octanol–water partition coefficient (Wildman–Crippen LogP) is 4.62. The Bertz CT molecular complexity index is 977. The lowest BCUT2D eigenvalue weighted by Gasteiger charge is -2.22. The van der Waals surface area contributed by atoms with E-state index in [1.165, 1.54) is 11.3 Å². The van der Waals surface area contributed by atoms with Crippen molar-refractivity contribution in [2.75, 3.05) is 4.31 Å². The van der Waals surface area contributed by atoms with Gasteiger partial charge in [0, 0.05) is 10.4 Å². The summed E-state index contributed by atoms with van der Waals surface area (Å²) in [5.74, 6) is -0.805. The third kappa shape index (κ3) is 4.17. The Morgan fingerprint density at radius 1 is 1.37 bits per heavy atom. The summed E-state index contributed by atoms with van der Waals surface area (Å²) in [5.41, 5.74) is 1.06. The number of thiazole rings is 1. The number of anilines is 1. The molecule has 1 atom stereocenters. The monoisotopic (exact) mass is 430 g/mol. The summed E-state index contributed by atoms with van der Waals surface area (Å²) in [4.78, 5) is 4.37. The van der Waals surface area contributed by atoms with Gasteiger partial charge in [0.1, 0.15) is 21.7 Å². The number of aromatic nitrogens is 3. The van der Waals surface area contributed by atoms with Crippen molar-refractivity contribution in [1.29, 1.82) is 0 Å². The van der Waals surface area contributed by atoms with E-state index < -0.39 is 23.3 Å². The summed E-state index contributed by atoms with van der Waals surface area (Å²) in [7, 11) is -1.20. The van der Waals surface area contributed by atoms with Gasteiger partial charge in [-0.2, -0.15) is 8.78 Å². The van der Waals surface area contributed by atoms with Crippen molar-refractivity contribution in [3.8, 4) is 11.6 Å². The van der Waals surface area contributed by atoms with E-state index >= 15 is 0 Å². The van der Waals surface area contributed by atoms with E-state index in [1.54, 1.807) is 27.9 Å². The minimum absolute atomic E-state index is 0.0644. The van der Waals surface area contributed by atoms with Gasteiger partial charge in [0.25, 0.3) is 11.8 Å². The number of hydrogen-bond donors (Lipinski definition) is 0. The van der Waals surface area contributed by atoms with Crippen LogP contribution < -0.4 is 4.31 Å². The number of nitrogens with zero attached hydrogens (tertiary/aromatic N) is 4. The first-order valence-corrected chi connectivity index (χ1v) is 10.4. The van der Waals surface area contributed by atoms with Crippen LogP contribution in [0.1, 0.15) is 30.2 Å². The highest BCUT2D eigenvalue weighted by molar-refractivity contribution is 7.87. The standard InChI is InChI=1S/C16H13ClF2N4O2S2/c17-9-2-1-3-10(6-9)23(27(24)11-4-5-11)7-13-20-12(8-26-13)15-21-22-16(25-15)14(18)19/h1-3,6,8,11,14H,4-5,7H2. The maximum Gasteiger partial charge on any atom is 0.314 e. The van der Waals surface area contributed by atoms with Gasteiger partial charge in [-0.15, -0.1) is 21.5 Å². The van der Waals surface area contributed by atoms with Gasteiger partial charge < -0.3 is 4.42 Å². The lowest BCUT2D eigenvalue weighted by atomic mass is 10.3. The second-order valence-corrected chi connectivity index (χ2v) is 8.90. The molecule has 0 aliphatic heterocycles. The van der Waals surface area contributed by atoms with Crippen LogP contribution in [0, 0.1) is 0 Å². The van der Waals surface area contributed by atoms with E-state index in [9.17, 15) is 13.0 Å². The molecule has 1 aliphatic carbocycles. The van der Waals surface area contributed by atoms with Gasteiger partial charge in [-0.3, -0.25) is 4.31 Å². The molecule has 0 amide bonds. The van der Waals surface area contributed by atoms with E-state index in [4.69, 9.17) is 16.0 Å². The number of hydrogen-bond acceptors (Lipinski definition) is 6. The van der Waals surface area contributed by atoms with Crippen molar-refractivity contribution in [2.45, 2.75) is 31.1 Å². The first kappa shape index (κ1) is 18.5. The van der Waals surface area contributed by atoms with Crippen LogP contribution in [0.2, 0.25) is 5.02 Å². The SMILES string of the molecule is O=S(C1CC1)N(Cc1nc(-c2nnc(C(F)F)o2)cs1)c1cccc(Cl)c1. The molecule has 3 aromatic rings. The van der Waals surface area contributed by atoms with Crippen LogP contribution >= 0.6 is 22.9 Å². The average Bonchev–Trinajstić information content (AvgIpc) is 3.18. The summed E-state index contributed by atoms with van der Waals surface area (Å²) in [6.07, 6.45) is -0.986. The Hall–Kier alpha value is -1.91. The predicted molar refractivity (Wildman–Crippen MR) is 99.2 cm³/mol. The molecule has 11 heteroatoms. The number of halogens is 3. The quantitative estimate of drug-likeness (QED) is 0.547. The summed E-state index contributed by atoms with van der Waals surface area (Å²) >= 11 is 7.38. The molecule has 0 N–H and O–H groups in total. The Morgan fingerprint density at radius 3 is 2.85 bits per heavy atom. The smallest absolute Gasteiger partial charge is 0.314 e. The first-order chi connectivity index (χ1) is 13.0. The second-order valence-electron chi connectivity index (χ2n) is 5.86. The van der Waals surface area contributed by atoms with Gasteiger partial charge in [-0.05, 0) is 31.0 Å². The summed E-state index contributed by atoms with van der Waals surface area (Å²) in [5, 5.41) is 9.88. The minimum atomic E-state index is -2.83. The summed E-state index contributed by atoms with van der Waals surface area (Å²) in [6, 6.07) is 7.14. The molecule has 1 saturated carbocycles. The van der Waals surface area contributed by atoms with E-state index in [-0.39, 0.29) is 11.1 Å². The molecule has 27 heavy (non-hydrogen) atoms. The van der Waals surface area contributed by atoms with Crippen LogP contribution in [-0.4, -0.2) is 24.6 Å². The number of alkyl halides is 2. The van der Waals surface area contributed by atoms with E-state index in [0.29, 0.717) is 22.3 Å². The average molecular weight is 431 g/mol. The van der Waals surface area contributed by atoms with Crippen molar-refractivity contribution < 1.29 is 17.4 Å². The fourth-order valence-corrected chi connectivity index (χ4v) is 4.86. The Morgan fingerprint density at radius 2 is 2.19 bits per heavy atom. The zero-order valence-corrected chi connectivity index (χ0v) is 16.1. The molecule has 6 nitrogen and oxygen atoms in total. The van der Waals surface area contributed by atoms with Gasteiger partial charge in [0.05, 0.1) is 17.5 Å². The molecule has 0 saturated heterocycles. The van der Waals surface area contributed by atoms with Crippen LogP contribution in [0.25, 0.3) is 11.6 Å². The molecule has 1 aromatic carbocycles. The fourth-order valence-electron chi connectivity index (χ4n) is 2.37. The van der Waals surface area contributed by atoms with Crippen LogP contribution in [-0.2, 0) is 17.5 Å². The molecule has 0 spiro atoms. The van der Waals surface area contributed by atoms with Gasteiger partial charge in [-0.25, -0.2) is 9.19 Å². The van der Waals surface area contributed by atoms with Crippen molar-refractivity contribution in [3.63, 3.8) is 0 Å². The van der Waals surface area contributed by atoms with Crippen LogP contribution in [0.4, 0.5) is 14.5 Å². The summed E-state index contributed by atoms with van der Waals surface area (Å²) < 4.78 is 44.7. The van der Waals surface area contributed by atoms with Crippen LogP contribution in [0.5, 0.6) is 0 Å². The van der Waals surface area contributed by atoms with Gasteiger partial charge in [-0.1, -0.05) is 17.7 Å².